The van der Waals surface area contributed by atoms with Crippen molar-refractivity contribution in [2.75, 3.05) is 7.05 Å². The van der Waals surface area contributed by atoms with Gasteiger partial charge >= 0.3 is 6.36 Å². The molecule has 17 heavy (non-hydrogen) atoms. The van der Waals surface area contributed by atoms with Crippen molar-refractivity contribution in [3.8, 4) is 5.75 Å². The third kappa shape index (κ3) is 4.18. The number of alkyl halides is 5. The normalized spacial score (nSPS) is 13.8. The van der Waals surface area contributed by atoms with Gasteiger partial charge in [0.2, 0.25) is 0 Å². The fraction of sp³-hybridized carbons (Fsp3) is 0.400. The molecule has 0 aliphatic carbocycles. The molecule has 0 bridgehead atoms. The molecule has 7 heteroatoms. The Morgan fingerprint density at radius 3 is 2.00 bits per heavy atom. The lowest BCUT2D eigenvalue weighted by Gasteiger charge is -2.16. The van der Waals surface area contributed by atoms with Crippen molar-refractivity contribution in [3.63, 3.8) is 0 Å². The monoisotopic (exact) mass is 255 g/mol. The van der Waals surface area contributed by atoms with Crippen LogP contribution in [0.15, 0.2) is 24.3 Å². The highest BCUT2D eigenvalue weighted by Gasteiger charge is 2.31. The zero-order valence-electron chi connectivity index (χ0n) is 8.76. The Kier molecular flexibility index (Phi) is 4.28. The highest BCUT2D eigenvalue weighted by Crippen LogP contribution is 2.26. The minimum absolute atomic E-state index is 0.192. The van der Waals surface area contributed by atoms with Crippen molar-refractivity contribution in [1.29, 1.82) is 0 Å². The van der Waals surface area contributed by atoms with Gasteiger partial charge in [0, 0.05) is 0 Å². The molecule has 1 aromatic rings. The van der Waals surface area contributed by atoms with Gasteiger partial charge in [-0.05, 0) is 24.7 Å². The van der Waals surface area contributed by atoms with E-state index in [-0.39, 0.29) is 5.56 Å². The zero-order valence-corrected chi connectivity index (χ0v) is 8.76. The largest absolute Gasteiger partial charge is 0.573 e. The first-order valence-electron chi connectivity index (χ1n) is 4.64. The van der Waals surface area contributed by atoms with Crippen molar-refractivity contribution < 1.29 is 26.7 Å². The van der Waals surface area contributed by atoms with Gasteiger partial charge in [-0.25, -0.2) is 8.78 Å². The van der Waals surface area contributed by atoms with Crippen molar-refractivity contribution >= 4 is 0 Å². The number of rotatable bonds is 4. The van der Waals surface area contributed by atoms with Gasteiger partial charge in [0.25, 0.3) is 6.43 Å². The van der Waals surface area contributed by atoms with Gasteiger partial charge in [-0.1, -0.05) is 12.1 Å². The van der Waals surface area contributed by atoms with E-state index >= 15 is 0 Å². The van der Waals surface area contributed by atoms with E-state index in [2.05, 4.69) is 10.1 Å². The molecule has 0 heterocycles. The predicted octanol–water partition coefficient (Wildman–Crippen LogP) is 3.11. The summed E-state index contributed by atoms with van der Waals surface area (Å²) in [5, 5.41) is 2.37. The third-order valence-corrected chi connectivity index (χ3v) is 2.04. The molecule has 0 radical (unpaired) electrons. The van der Waals surface area contributed by atoms with Crippen LogP contribution in [-0.2, 0) is 0 Å². The molecular weight excluding hydrogens is 245 g/mol. The maximum Gasteiger partial charge on any atom is 0.573 e. The molecule has 0 saturated carbocycles. The number of benzene rings is 1. The molecule has 0 aromatic heterocycles. The fourth-order valence-electron chi connectivity index (χ4n) is 1.31. The smallest absolute Gasteiger partial charge is 0.406 e. The van der Waals surface area contributed by atoms with E-state index in [1.54, 1.807) is 0 Å². The maximum atomic E-state index is 12.5. The van der Waals surface area contributed by atoms with Gasteiger partial charge in [0.1, 0.15) is 5.75 Å². The molecule has 0 fully saturated rings. The van der Waals surface area contributed by atoms with Gasteiger partial charge in [0.05, 0.1) is 6.04 Å². The second kappa shape index (κ2) is 5.31. The van der Waals surface area contributed by atoms with Crippen LogP contribution in [-0.4, -0.2) is 19.8 Å². The van der Waals surface area contributed by atoms with Gasteiger partial charge in [0.15, 0.2) is 0 Å². The summed E-state index contributed by atoms with van der Waals surface area (Å²) in [5.41, 5.74) is 0.192. The predicted molar refractivity (Wildman–Crippen MR) is 50.9 cm³/mol. The minimum atomic E-state index is -4.79. The molecule has 0 aliphatic rings. The molecule has 96 valence electrons. The maximum absolute atomic E-state index is 12.5. The van der Waals surface area contributed by atoms with Crippen molar-refractivity contribution in [2.24, 2.45) is 0 Å². The molecule has 0 aliphatic heterocycles. The number of hydrogen-bond donors (Lipinski definition) is 1. The Balaban J connectivity index is 2.80. The highest BCUT2D eigenvalue weighted by atomic mass is 19.4. The van der Waals surface area contributed by atoms with Gasteiger partial charge in [-0.2, -0.15) is 0 Å². The van der Waals surface area contributed by atoms with Crippen molar-refractivity contribution in [1.82, 2.24) is 5.32 Å². The molecule has 0 unspecified atom stereocenters. The first kappa shape index (κ1) is 13.7. The zero-order chi connectivity index (χ0) is 13.1. The Bertz CT molecular complexity index is 349. The van der Waals surface area contributed by atoms with Crippen LogP contribution in [0.4, 0.5) is 22.0 Å². The van der Waals surface area contributed by atoms with Crippen molar-refractivity contribution in [3.05, 3.63) is 29.8 Å². The second-order valence-corrected chi connectivity index (χ2v) is 3.22. The van der Waals surface area contributed by atoms with Crippen LogP contribution in [0, 0.1) is 0 Å². The third-order valence-electron chi connectivity index (χ3n) is 2.04. The second-order valence-electron chi connectivity index (χ2n) is 3.22. The van der Waals surface area contributed by atoms with E-state index in [0.29, 0.717) is 0 Å². The summed E-state index contributed by atoms with van der Waals surface area (Å²) in [7, 11) is 1.34. The topological polar surface area (TPSA) is 21.3 Å². The van der Waals surface area contributed by atoms with Crippen LogP contribution in [0.25, 0.3) is 0 Å². The Hall–Kier alpha value is -1.37. The lowest BCUT2D eigenvalue weighted by atomic mass is 10.1. The van der Waals surface area contributed by atoms with Crippen LogP contribution in [0.1, 0.15) is 11.6 Å². The standard InChI is InChI=1S/C10H10F5NO/c1-16-8(9(11)12)6-2-4-7(5-3-6)17-10(13,14)15/h2-5,8-9,16H,1H3/t8-/m0/s1. The van der Waals surface area contributed by atoms with Gasteiger partial charge < -0.3 is 10.1 Å². The van der Waals surface area contributed by atoms with Crippen molar-refractivity contribution in [2.45, 2.75) is 18.8 Å². The fourth-order valence-corrected chi connectivity index (χ4v) is 1.31. The summed E-state index contributed by atoms with van der Waals surface area (Å²) in [6, 6.07) is 3.10. The number of nitrogens with one attached hydrogen (secondary N) is 1. The van der Waals surface area contributed by atoms with E-state index in [4.69, 9.17) is 0 Å². The Labute approximate surface area is 94.4 Å². The van der Waals surface area contributed by atoms with Crippen LogP contribution in [0.2, 0.25) is 0 Å². The van der Waals surface area contributed by atoms with Gasteiger partial charge in [-0.3, -0.25) is 0 Å². The molecule has 0 saturated heterocycles. The van der Waals surface area contributed by atoms with Gasteiger partial charge in [-0.15, -0.1) is 13.2 Å². The molecular formula is C10H10F5NO. The number of halogens is 5. The lowest BCUT2D eigenvalue weighted by molar-refractivity contribution is -0.274. The molecule has 0 amide bonds. The minimum Gasteiger partial charge on any atom is -0.406 e. The van der Waals surface area contributed by atoms with E-state index in [1.165, 1.54) is 7.05 Å². The Morgan fingerprint density at radius 1 is 1.12 bits per heavy atom. The molecule has 2 nitrogen and oxygen atoms in total. The molecule has 1 atom stereocenters. The summed E-state index contributed by atoms with van der Waals surface area (Å²) in [6.45, 7) is 0. The molecule has 1 aromatic carbocycles. The van der Waals surface area contributed by atoms with E-state index in [9.17, 15) is 22.0 Å². The first-order chi connectivity index (χ1) is 7.83. The van der Waals surface area contributed by atoms with E-state index < -0.39 is 24.6 Å². The van der Waals surface area contributed by atoms with Crippen LogP contribution in [0.5, 0.6) is 5.75 Å². The summed E-state index contributed by atoms with van der Waals surface area (Å²) < 4.78 is 64.1. The molecule has 1 rings (SSSR count). The lowest BCUT2D eigenvalue weighted by Crippen LogP contribution is -2.23. The summed E-state index contributed by atoms with van der Waals surface area (Å²) in [4.78, 5) is 0. The number of ether oxygens (including phenoxy) is 1. The number of hydrogen-bond acceptors (Lipinski definition) is 2. The van der Waals surface area contributed by atoms with Crippen LogP contribution < -0.4 is 10.1 Å². The van der Waals surface area contributed by atoms with E-state index in [1.807, 2.05) is 0 Å². The first-order valence-corrected chi connectivity index (χ1v) is 4.64. The molecule has 1 N–H and O–H groups in total. The summed E-state index contributed by atoms with van der Waals surface area (Å²) in [5.74, 6) is -0.439. The van der Waals surface area contributed by atoms with Crippen LogP contribution in [0.3, 0.4) is 0 Å². The van der Waals surface area contributed by atoms with Crippen LogP contribution >= 0.6 is 0 Å². The summed E-state index contributed by atoms with van der Waals surface area (Å²) in [6.07, 6.45) is -7.43. The highest BCUT2D eigenvalue weighted by molar-refractivity contribution is 5.29. The SMILES string of the molecule is CN[C@@H](c1ccc(OC(F)(F)F)cc1)C(F)F. The Morgan fingerprint density at radius 2 is 1.65 bits per heavy atom. The average molecular weight is 255 g/mol. The molecule has 0 spiro atoms. The summed E-state index contributed by atoms with van der Waals surface area (Å²) >= 11 is 0. The average Bonchev–Trinajstić information content (AvgIpc) is 2.18. The quantitative estimate of drug-likeness (QED) is 0.835. The van der Waals surface area contributed by atoms with E-state index in [0.717, 1.165) is 24.3 Å².